The number of primary amides is 1. The number of nitrogens with one attached hydrogen (secondary N) is 2. The molecule has 3 rings (SSSR count). The third kappa shape index (κ3) is 2.98. The van der Waals surface area contributed by atoms with Gasteiger partial charge in [-0.05, 0) is 11.1 Å². The molecular formula is C16H16N4O4. The van der Waals surface area contributed by atoms with Gasteiger partial charge in [-0.15, -0.1) is 0 Å². The molecule has 4 N–H and O–H groups in total. The van der Waals surface area contributed by atoms with E-state index >= 15 is 0 Å². The monoisotopic (exact) mass is 328 g/mol. The maximum atomic E-state index is 12.6. The summed E-state index contributed by atoms with van der Waals surface area (Å²) in [4.78, 5) is 48.8. The number of carbonyl (C=O) groups is 2. The Morgan fingerprint density at radius 2 is 1.88 bits per heavy atom. The van der Waals surface area contributed by atoms with Crippen molar-refractivity contribution < 1.29 is 9.59 Å². The minimum atomic E-state index is -0.770. The van der Waals surface area contributed by atoms with E-state index in [0.717, 1.165) is 17.2 Å². The van der Waals surface area contributed by atoms with Gasteiger partial charge >= 0.3 is 0 Å². The number of nitrogens with two attached hydrogens (primary N) is 1. The number of hydrogen-bond donors (Lipinski definition) is 3. The summed E-state index contributed by atoms with van der Waals surface area (Å²) in [6, 6.07) is 7.81. The van der Waals surface area contributed by atoms with Gasteiger partial charge in [-0.1, -0.05) is 24.3 Å². The smallest absolute Gasteiger partial charge is 0.266 e. The van der Waals surface area contributed by atoms with Crippen molar-refractivity contribution in [3.63, 3.8) is 0 Å². The van der Waals surface area contributed by atoms with E-state index in [9.17, 15) is 19.2 Å². The summed E-state index contributed by atoms with van der Waals surface area (Å²) in [6.07, 6.45) is 0.0637. The lowest BCUT2D eigenvalue weighted by molar-refractivity contribution is -0.140. The van der Waals surface area contributed by atoms with Crippen LogP contribution in [0.25, 0.3) is 0 Å². The lowest BCUT2D eigenvalue weighted by Gasteiger charge is -2.35. The molecule has 1 unspecified atom stereocenters. The van der Waals surface area contributed by atoms with Gasteiger partial charge in [0.25, 0.3) is 11.1 Å². The zero-order chi connectivity index (χ0) is 17.3. The van der Waals surface area contributed by atoms with Crippen LogP contribution in [0.2, 0.25) is 0 Å². The molecule has 1 atom stereocenters. The van der Waals surface area contributed by atoms with Gasteiger partial charge in [-0.2, -0.15) is 0 Å². The van der Waals surface area contributed by atoms with Crippen LogP contribution in [0, 0.1) is 0 Å². The maximum Gasteiger partial charge on any atom is 0.266 e. The third-order valence-electron chi connectivity index (χ3n) is 4.14. The van der Waals surface area contributed by atoms with Crippen LogP contribution in [0.1, 0.15) is 16.7 Å². The number of H-pyrrole nitrogens is 2. The second-order valence-electron chi connectivity index (χ2n) is 5.70. The third-order valence-corrected chi connectivity index (χ3v) is 4.14. The molecule has 1 aliphatic heterocycles. The van der Waals surface area contributed by atoms with E-state index in [1.807, 2.05) is 24.3 Å². The first-order valence-corrected chi connectivity index (χ1v) is 7.42. The largest absolute Gasteiger partial charge is 0.368 e. The standard InChI is InChI=1S/C16H16N4O4/c17-15(23)12-5-9-3-1-2-4-10(9)8-20(12)14(22)7-11-6-13(21)18-19-16(11)24/h1-4,6,12H,5,7-8H2,(H2,17,23)(H,18,21)(H,19,24). The first-order valence-electron chi connectivity index (χ1n) is 7.42. The number of fused-ring (bicyclic) bond motifs is 1. The minimum absolute atomic E-state index is 0.0471. The average Bonchev–Trinajstić information content (AvgIpc) is 2.56. The fourth-order valence-corrected chi connectivity index (χ4v) is 2.89. The van der Waals surface area contributed by atoms with E-state index in [1.54, 1.807) is 0 Å². The normalized spacial score (nSPS) is 16.5. The van der Waals surface area contributed by atoms with Crippen molar-refractivity contribution in [3.8, 4) is 0 Å². The van der Waals surface area contributed by atoms with Crippen LogP contribution in [0.3, 0.4) is 0 Å². The molecule has 124 valence electrons. The summed E-state index contributed by atoms with van der Waals surface area (Å²) >= 11 is 0. The Morgan fingerprint density at radius 3 is 2.58 bits per heavy atom. The molecule has 0 spiro atoms. The molecule has 2 aromatic rings. The molecule has 0 fully saturated rings. The summed E-state index contributed by atoms with van der Waals surface area (Å²) < 4.78 is 0. The minimum Gasteiger partial charge on any atom is -0.368 e. The Kier molecular flexibility index (Phi) is 4.03. The first-order chi connectivity index (χ1) is 11.5. The zero-order valence-electron chi connectivity index (χ0n) is 12.7. The molecule has 1 aromatic carbocycles. The molecular weight excluding hydrogens is 312 g/mol. The predicted octanol–water partition coefficient (Wildman–Crippen LogP) is -0.956. The summed E-state index contributed by atoms with van der Waals surface area (Å²) in [5, 5.41) is 4.31. The van der Waals surface area contributed by atoms with Gasteiger partial charge in [0, 0.05) is 24.6 Å². The highest BCUT2D eigenvalue weighted by molar-refractivity contribution is 5.88. The van der Waals surface area contributed by atoms with Crippen LogP contribution < -0.4 is 16.9 Å². The number of amides is 2. The number of benzene rings is 1. The lowest BCUT2D eigenvalue weighted by atomic mass is 9.93. The van der Waals surface area contributed by atoms with Crippen molar-refractivity contribution >= 4 is 11.8 Å². The molecule has 8 heteroatoms. The van der Waals surface area contributed by atoms with Gasteiger partial charge in [-0.25, -0.2) is 0 Å². The number of aromatic nitrogens is 2. The van der Waals surface area contributed by atoms with Crippen LogP contribution in [-0.2, 0) is 29.0 Å². The fourth-order valence-electron chi connectivity index (χ4n) is 2.89. The molecule has 0 saturated heterocycles. The predicted molar refractivity (Wildman–Crippen MR) is 85.1 cm³/mol. The van der Waals surface area contributed by atoms with Crippen LogP contribution in [0.4, 0.5) is 0 Å². The van der Waals surface area contributed by atoms with Crippen molar-refractivity contribution in [1.82, 2.24) is 15.1 Å². The quantitative estimate of drug-likeness (QED) is 0.670. The van der Waals surface area contributed by atoms with Crippen LogP contribution in [0.15, 0.2) is 39.9 Å². The highest BCUT2D eigenvalue weighted by atomic mass is 16.2. The Hall–Kier alpha value is -3.16. The van der Waals surface area contributed by atoms with E-state index in [1.165, 1.54) is 4.90 Å². The number of hydrogen-bond acceptors (Lipinski definition) is 4. The van der Waals surface area contributed by atoms with Gasteiger partial charge in [0.05, 0.1) is 6.42 Å². The maximum absolute atomic E-state index is 12.6. The Labute approximate surface area is 136 Å². The zero-order valence-corrected chi connectivity index (χ0v) is 12.7. The topological polar surface area (TPSA) is 129 Å². The Balaban J connectivity index is 1.90. The highest BCUT2D eigenvalue weighted by Gasteiger charge is 2.33. The average molecular weight is 328 g/mol. The van der Waals surface area contributed by atoms with Crippen LogP contribution in [-0.4, -0.2) is 33.0 Å². The van der Waals surface area contributed by atoms with Crippen molar-refractivity contribution in [2.75, 3.05) is 0 Å². The van der Waals surface area contributed by atoms with Crippen molar-refractivity contribution in [2.45, 2.75) is 25.4 Å². The molecule has 2 amide bonds. The molecule has 8 nitrogen and oxygen atoms in total. The number of carbonyl (C=O) groups excluding carboxylic acids is 2. The number of aromatic amines is 2. The van der Waals surface area contributed by atoms with Gasteiger partial charge < -0.3 is 10.6 Å². The van der Waals surface area contributed by atoms with Crippen molar-refractivity contribution in [1.29, 1.82) is 0 Å². The molecule has 0 bridgehead atoms. The van der Waals surface area contributed by atoms with Crippen molar-refractivity contribution in [2.24, 2.45) is 5.73 Å². The van der Waals surface area contributed by atoms with Gasteiger partial charge in [-0.3, -0.25) is 29.4 Å². The van der Waals surface area contributed by atoms with Gasteiger partial charge in [0.15, 0.2) is 0 Å². The van der Waals surface area contributed by atoms with Crippen LogP contribution >= 0.6 is 0 Å². The summed E-state index contributed by atoms with van der Waals surface area (Å²) in [7, 11) is 0. The second kappa shape index (κ2) is 6.15. The highest BCUT2D eigenvalue weighted by Crippen LogP contribution is 2.23. The van der Waals surface area contributed by atoms with Gasteiger partial charge in [0.1, 0.15) is 6.04 Å². The molecule has 24 heavy (non-hydrogen) atoms. The molecule has 0 radical (unpaired) electrons. The van der Waals surface area contributed by atoms with Crippen LogP contribution in [0.5, 0.6) is 0 Å². The van der Waals surface area contributed by atoms with E-state index in [-0.39, 0.29) is 18.5 Å². The molecule has 2 heterocycles. The Morgan fingerprint density at radius 1 is 1.17 bits per heavy atom. The number of nitrogens with zero attached hydrogens (tertiary/aromatic N) is 1. The number of rotatable bonds is 3. The lowest BCUT2D eigenvalue weighted by Crippen LogP contribution is -2.51. The van der Waals surface area contributed by atoms with E-state index in [0.29, 0.717) is 6.42 Å². The molecule has 0 saturated carbocycles. The van der Waals surface area contributed by atoms with E-state index < -0.39 is 29.0 Å². The van der Waals surface area contributed by atoms with Crippen molar-refractivity contribution in [3.05, 3.63) is 67.7 Å². The van der Waals surface area contributed by atoms with Gasteiger partial charge in [0.2, 0.25) is 11.8 Å². The Bertz CT molecular complexity index is 915. The molecule has 1 aromatic heterocycles. The van der Waals surface area contributed by atoms with E-state index in [4.69, 9.17) is 5.73 Å². The summed E-state index contributed by atoms with van der Waals surface area (Å²) in [6.45, 7) is 0.240. The first kappa shape index (κ1) is 15.7. The van der Waals surface area contributed by atoms with E-state index in [2.05, 4.69) is 10.2 Å². The molecule has 1 aliphatic rings. The SMILES string of the molecule is NC(=O)C1Cc2ccccc2CN1C(=O)Cc1cc(=O)[nH][nH]c1=O. The fraction of sp³-hybridized carbons (Fsp3) is 0.250. The summed E-state index contributed by atoms with van der Waals surface area (Å²) in [5.74, 6) is -1.03. The molecule has 0 aliphatic carbocycles. The summed E-state index contributed by atoms with van der Waals surface area (Å²) in [5.41, 5.74) is 6.34. The second-order valence-corrected chi connectivity index (χ2v) is 5.70.